The van der Waals surface area contributed by atoms with Crippen molar-refractivity contribution in [2.45, 2.75) is 39.5 Å². The first kappa shape index (κ1) is 12.4. The number of benzene rings is 1. The molecule has 0 atom stereocenters. The van der Waals surface area contributed by atoms with E-state index in [2.05, 4.69) is 13.8 Å². The van der Waals surface area contributed by atoms with Crippen LogP contribution in [0.15, 0.2) is 18.2 Å². The third-order valence-electron chi connectivity index (χ3n) is 3.36. The smallest absolute Gasteiger partial charge is 0.165 e. The molecule has 1 aromatic rings. The number of para-hydroxylation sites is 1. The molecule has 1 aliphatic carbocycles. The summed E-state index contributed by atoms with van der Waals surface area (Å²) in [5.41, 5.74) is 0.999. The van der Waals surface area contributed by atoms with Gasteiger partial charge >= 0.3 is 0 Å². The molecule has 17 heavy (non-hydrogen) atoms. The first-order valence-corrected chi connectivity index (χ1v) is 6.57. The summed E-state index contributed by atoms with van der Waals surface area (Å²) in [6, 6.07) is 5.22. The van der Waals surface area contributed by atoms with Crippen LogP contribution in [0.3, 0.4) is 0 Å². The Kier molecular flexibility index (Phi) is 4.03. The van der Waals surface area contributed by atoms with E-state index < -0.39 is 0 Å². The van der Waals surface area contributed by atoms with Crippen LogP contribution in [0.4, 0.5) is 4.39 Å². The van der Waals surface area contributed by atoms with Crippen molar-refractivity contribution < 1.29 is 9.13 Å². The van der Waals surface area contributed by atoms with Crippen molar-refractivity contribution in [3.05, 3.63) is 29.6 Å². The van der Waals surface area contributed by atoms with Crippen LogP contribution in [-0.2, 0) is 6.42 Å². The van der Waals surface area contributed by atoms with Crippen molar-refractivity contribution in [3.63, 3.8) is 0 Å². The van der Waals surface area contributed by atoms with E-state index in [1.165, 1.54) is 25.3 Å². The fraction of sp³-hybridized carbons (Fsp3) is 0.600. The largest absolute Gasteiger partial charge is 0.490 e. The van der Waals surface area contributed by atoms with Gasteiger partial charge in [-0.25, -0.2) is 4.39 Å². The highest BCUT2D eigenvalue weighted by molar-refractivity contribution is 5.35. The van der Waals surface area contributed by atoms with Gasteiger partial charge < -0.3 is 4.74 Å². The molecule has 0 aromatic heterocycles. The third-order valence-corrected chi connectivity index (χ3v) is 3.36. The van der Waals surface area contributed by atoms with Gasteiger partial charge in [0.2, 0.25) is 0 Å². The van der Waals surface area contributed by atoms with Crippen molar-refractivity contribution >= 4 is 0 Å². The molecule has 94 valence electrons. The zero-order chi connectivity index (χ0) is 12.3. The van der Waals surface area contributed by atoms with Gasteiger partial charge in [0.05, 0.1) is 6.61 Å². The second kappa shape index (κ2) is 5.52. The molecule has 1 aliphatic rings. The molecule has 0 saturated heterocycles. The van der Waals surface area contributed by atoms with Crippen LogP contribution in [0.5, 0.6) is 5.75 Å². The monoisotopic (exact) mass is 236 g/mol. The van der Waals surface area contributed by atoms with Crippen molar-refractivity contribution in [2.75, 3.05) is 6.61 Å². The van der Waals surface area contributed by atoms with E-state index in [1.807, 2.05) is 6.07 Å². The first-order chi connectivity index (χ1) is 8.16. The SMILES string of the molecule is CC(C)Cc1cccc(F)c1OCC1CCC1. The van der Waals surface area contributed by atoms with Crippen LogP contribution in [0.25, 0.3) is 0 Å². The Hall–Kier alpha value is -1.05. The molecule has 0 unspecified atom stereocenters. The average Bonchev–Trinajstić information content (AvgIpc) is 2.18. The topological polar surface area (TPSA) is 9.23 Å². The lowest BCUT2D eigenvalue weighted by molar-refractivity contribution is 0.174. The molecular weight excluding hydrogens is 215 g/mol. The fourth-order valence-corrected chi connectivity index (χ4v) is 2.18. The summed E-state index contributed by atoms with van der Waals surface area (Å²) in [5, 5.41) is 0. The second-order valence-corrected chi connectivity index (χ2v) is 5.43. The number of rotatable bonds is 5. The molecular formula is C15H21FO. The Labute approximate surface area is 103 Å². The molecule has 2 heteroatoms. The molecule has 0 aliphatic heterocycles. The van der Waals surface area contributed by atoms with Crippen molar-refractivity contribution in [2.24, 2.45) is 11.8 Å². The maximum atomic E-state index is 13.7. The predicted molar refractivity (Wildman–Crippen MR) is 67.8 cm³/mol. The van der Waals surface area contributed by atoms with E-state index in [9.17, 15) is 4.39 Å². The van der Waals surface area contributed by atoms with Crippen molar-refractivity contribution in [3.8, 4) is 5.75 Å². The minimum atomic E-state index is -0.220. The molecule has 0 heterocycles. The van der Waals surface area contributed by atoms with E-state index in [4.69, 9.17) is 4.74 Å². The summed E-state index contributed by atoms with van der Waals surface area (Å²) in [5.74, 6) is 1.42. The molecule has 0 bridgehead atoms. The Bertz CT molecular complexity index is 369. The summed E-state index contributed by atoms with van der Waals surface area (Å²) < 4.78 is 19.4. The maximum absolute atomic E-state index is 13.7. The Morgan fingerprint density at radius 2 is 2.12 bits per heavy atom. The molecule has 1 saturated carbocycles. The van der Waals surface area contributed by atoms with E-state index in [-0.39, 0.29) is 5.82 Å². The minimum Gasteiger partial charge on any atom is -0.490 e. The minimum absolute atomic E-state index is 0.220. The van der Waals surface area contributed by atoms with Crippen LogP contribution in [0.1, 0.15) is 38.7 Å². The predicted octanol–water partition coefficient (Wildman–Crippen LogP) is 4.20. The van der Waals surface area contributed by atoms with Crippen LogP contribution < -0.4 is 4.74 Å². The quantitative estimate of drug-likeness (QED) is 0.744. The van der Waals surface area contributed by atoms with E-state index in [1.54, 1.807) is 6.07 Å². The van der Waals surface area contributed by atoms with E-state index >= 15 is 0 Å². The highest BCUT2D eigenvalue weighted by atomic mass is 19.1. The first-order valence-electron chi connectivity index (χ1n) is 6.57. The fourth-order valence-electron chi connectivity index (χ4n) is 2.18. The average molecular weight is 236 g/mol. The maximum Gasteiger partial charge on any atom is 0.165 e. The Morgan fingerprint density at radius 3 is 2.71 bits per heavy atom. The standard InChI is InChI=1S/C15H21FO/c1-11(2)9-13-7-4-8-14(16)15(13)17-10-12-5-3-6-12/h4,7-8,11-12H,3,5-6,9-10H2,1-2H3. The summed E-state index contributed by atoms with van der Waals surface area (Å²) in [6.45, 7) is 4.95. The number of ether oxygens (including phenoxy) is 1. The molecule has 0 radical (unpaired) electrons. The molecule has 2 rings (SSSR count). The molecule has 1 fully saturated rings. The van der Waals surface area contributed by atoms with E-state index in [0.29, 0.717) is 24.2 Å². The lowest BCUT2D eigenvalue weighted by atomic mass is 9.86. The van der Waals surface area contributed by atoms with Gasteiger partial charge in [-0.1, -0.05) is 32.4 Å². The van der Waals surface area contributed by atoms with Gasteiger partial charge in [0.15, 0.2) is 11.6 Å². The number of hydrogen-bond donors (Lipinski definition) is 0. The molecule has 0 spiro atoms. The summed E-state index contributed by atoms with van der Waals surface area (Å²) in [6.07, 6.45) is 4.63. The molecule has 1 aromatic carbocycles. The Balaban J connectivity index is 2.05. The highest BCUT2D eigenvalue weighted by Gasteiger charge is 2.19. The summed E-state index contributed by atoms with van der Waals surface area (Å²) in [4.78, 5) is 0. The second-order valence-electron chi connectivity index (χ2n) is 5.43. The van der Waals surface area contributed by atoms with Gasteiger partial charge in [-0.3, -0.25) is 0 Å². The Morgan fingerprint density at radius 1 is 1.35 bits per heavy atom. The zero-order valence-electron chi connectivity index (χ0n) is 10.7. The normalized spacial score (nSPS) is 16.0. The van der Waals surface area contributed by atoms with Crippen LogP contribution in [0.2, 0.25) is 0 Å². The molecule has 0 amide bonds. The summed E-state index contributed by atoms with van der Waals surface area (Å²) >= 11 is 0. The van der Waals surface area contributed by atoms with Gasteiger partial charge in [-0.2, -0.15) is 0 Å². The third kappa shape index (κ3) is 3.21. The van der Waals surface area contributed by atoms with Gasteiger partial charge in [0.25, 0.3) is 0 Å². The van der Waals surface area contributed by atoms with Gasteiger partial charge in [0.1, 0.15) is 0 Å². The van der Waals surface area contributed by atoms with Gasteiger partial charge in [-0.05, 0) is 42.7 Å². The number of halogens is 1. The van der Waals surface area contributed by atoms with Crippen molar-refractivity contribution in [1.29, 1.82) is 0 Å². The van der Waals surface area contributed by atoms with Gasteiger partial charge in [-0.15, -0.1) is 0 Å². The lowest BCUT2D eigenvalue weighted by Gasteiger charge is -2.26. The van der Waals surface area contributed by atoms with Crippen LogP contribution in [0, 0.1) is 17.7 Å². The van der Waals surface area contributed by atoms with Crippen LogP contribution in [-0.4, -0.2) is 6.61 Å². The molecule has 0 N–H and O–H groups in total. The molecule has 1 nitrogen and oxygen atoms in total. The van der Waals surface area contributed by atoms with Crippen LogP contribution >= 0.6 is 0 Å². The zero-order valence-corrected chi connectivity index (χ0v) is 10.7. The van der Waals surface area contributed by atoms with E-state index in [0.717, 1.165) is 12.0 Å². The lowest BCUT2D eigenvalue weighted by Crippen LogP contribution is -2.20. The van der Waals surface area contributed by atoms with Gasteiger partial charge in [0, 0.05) is 0 Å². The summed E-state index contributed by atoms with van der Waals surface area (Å²) in [7, 11) is 0. The highest BCUT2D eigenvalue weighted by Crippen LogP contribution is 2.30. The number of hydrogen-bond acceptors (Lipinski definition) is 1. The van der Waals surface area contributed by atoms with Crippen molar-refractivity contribution in [1.82, 2.24) is 0 Å².